The number of esters is 1. The SMILES string of the molecule is CCCCC[C@H](OC(C)=O)C(Br)Br. The fourth-order valence-corrected chi connectivity index (χ4v) is 1.79. The van der Waals surface area contributed by atoms with Gasteiger partial charge in [0.1, 0.15) is 9.84 Å². The number of hydrogen-bond acceptors (Lipinski definition) is 2. The number of halogens is 2. The average molecular weight is 316 g/mol. The van der Waals surface area contributed by atoms with Crippen molar-refractivity contribution in [2.24, 2.45) is 0 Å². The summed E-state index contributed by atoms with van der Waals surface area (Å²) in [5.74, 6) is -0.217. The Morgan fingerprint density at radius 3 is 2.38 bits per heavy atom. The molecule has 1 atom stereocenters. The van der Waals surface area contributed by atoms with Gasteiger partial charge in [0.2, 0.25) is 0 Å². The summed E-state index contributed by atoms with van der Waals surface area (Å²) in [5.41, 5.74) is 0. The highest BCUT2D eigenvalue weighted by Crippen LogP contribution is 2.21. The van der Waals surface area contributed by atoms with Crippen LogP contribution >= 0.6 is 31.9 Å². The van der Waals surface area contributed by atoms with Gasteiger partial charge in [0, 0.05) is 6.92 Å². The zero-order valence-corrected chi connectivity index (χ0v) is 11.2. The summed E-state index contributed by atoms with van der Waals surface area (Å²) in [6.07, 6.45) is 4.33. The lowest BCUT2D eigenvalue weighted by Crippen LogP contribution is -2.22. The molecular formula is C9H16Br2O2. The van der Waals surface area contributed by atoms with E-state index in [-0.39, 0.29) is 15.8 Å². The Labute approximate surface area is 96.7 Å². The molecule has 0 bridgehead atoms. The summed E-state index contributed by atoms with van der Waals surface area (Å²) in [4.78, 5) is 10.7. The number of carbonyl (C=O) groups excluding carboxylic acids is 1. The molecule has 0 rings (SSSR count). The van der Waals surface area contributed by atoms with E-state index in [9.17, 15) is 4.79 Å². The molecule has 0 N–H and O–H groups in total. The molecule has 2 nitrogen and oxygen atoms in total. The van der Waals surface area contributed by atoms with Crippen LogP contribution < -0.4 is 0 Å². The second-order valence-corrected chi connectivity index (χ2v) is 6.18. The predicted molar refractivity (Wildman–Crippen MR) is 61.3 cm³/mol. The molecule has 0 amide bonds. The van der Waals surface area contributed by atoms with Crippen molar-refractivity contribution in [3.8, 4) is 0 Å². The van der Waals surface area contributed by atoms with Crippen molar-refractivity contribution in [2.45, 2.75) is 49.4 Å². The highest BCUT2D eigenvalue weighted by molar-refractivity contribution is 9.24. The Kier molecular flexibility index (Phi) is 8.06. The van der Waals surface area contributed by atoms with Crippen molar-refractivity contribution in [2.75, 3.05) is 0 Å². The second-order valence-electron chi connectivity index (χ2n) is 2.98. The molecule has 0 saturated carbocycles. The maximum Gasteiger partial charge on any atom is 0.302 e. The van der Waals surface area contributed by atoms with Gasteiger partial charge in [0.05, 0.1) is 0 Å². The van der Waals surface area contributed by atoms with Crippen LogP contribution in [0.2, 0.25) is 0 Å². The third-order valence-corrected chi connectivity index (χ3v) is 2.87. The number of alkyl halides is 2. The first kappa shape index (κ1) is 13.4. The van der Waals surface area contributed by atoms with Crippen LogP contribution in [0.25, 0.3) is 0 Å². The van der Waals surface area contributed by atoms with E-state index in [1.807, 2.05) is 0 Å². The van der Waals surface area contributed by atoms with E-state index >= 15 is 0 Å². The van der Waals surface area contributed by atoms with Gasteiger partial charge in [-0.3, -0.25) is 4.79 Å². The van der Waals surface area contributed by atoms with Crippen LogP contribution in [0.5, 0.6) is 0 Å². The van der Waals surface area contributed by atoms with E-state index in [4.69, 9.17) is 4.74 Å². The second kappa shape index (κ2) is 7.80. The lowest BCUT2D eigenvalue weighted by Gasteiger charge is -2.17. The van der Waals surface area contributed by atoms with E-state index in [1.165, 1.54) is 19.8 Å². The Hall–Kier alpha value is 0.430. The summed E-state index contributed by atoms with van der Waals surface area (Å²) in [6, 6.07) is 0. The molecule has 0 radical (unpaired) electrons. The maximum absolute atomic E-state index is 10.7. The Bertz CT molecular complexity index is 149. The minimum Gasteiger partial charge on any atom is -0.460 e. The van der Waals surface area contributed by atoms with Crippen LogP contribution in [0.15, 0.2) is 0 Å². The standard InChI is InChI=1S/C9H16Br2O2/c1-3-4-5-6-8(9(10)11)13-7(2)12/h8-9H,3-6H2,1-2H3/t8-/m0/s1. The molecule has 0 fully saturated rings. The average Bonchev–Trinajstić information content (AvgIpc) is 2.02. The molecule has 4 heteroatoms. The van der Waals surface area contributed by atoms with Crippen molar-refractivity contribution >= 4 is 37.8 Å². The third-order valence-electron chi connectivity index (χ3n) is 1.69. The van der Waals surface area contributed by atoms with E-state index < -0.39 is 0 Å². The number of rotatable bonds is 6. The van der Waals surface area contributed by atoms with Crippen LogP contribution in [-0.2, 0) is 9.53 Å². The van der Waals surface area contributed by atoms with Crippen molar-refractivity contribution in [1.29, 1.82) is 0 Å². The normalized spacial score (nSPS) is 13.0. The van der Waals surface area contributed by atoms with Crippen LogP contribution in [0.3, 0.4) is 0 Å². The molecule has 0 aromatic rings. The van der Waals surface area contributed by atoms with Gasteiger partial charge in [-0.05, 0) is 12.8 Å². The van der Waals surface area contributed by atoms with Gasteiger partial charge in [-0.2, -0.15) is 0 Å². The molecule has 0 aliphatic rings. The molecule has 0 aliphatic heterocycles. The summed E-state index contributed by atoms with van der Waals surface area (Å²) in [7, 11) is 0. The maximum atomic E-state index is 10.7. The molecule has 0 aromatic heterocycles. The number of carbonyl (C=O) groups is 1. The van der Waals surface area contributed by atoms with Gasteiger partial charge < -0.3 is 4.74 Å². The topological polar surface area (TPSA) is 26.3 Å². The van der Waals surface area contributed by atoms with Crippen LogP contribution in [0.1, 0.15) is 39.5 Å². The predicted octanol–water partition coefficient (Wildman–Crippen LogP) is 3.61. The Morgan fingerprint density at radius 2 is 2.00 bits per heavy atom. The summed E-state index contributed by atoms with van der Waals surface area (Å²) in [6.45, 7) is 3.59. The van der Waals surface area contributed by atoms with E-state index in [1.54, 1.807) is 0 Å². The molecule has 0 aromatic carbocycles. The number of ether oxygens (including phenoxy) is 1. The lowest BCUT2D eigenvalue weighted by molar-refractivity contribution is -0.145. The van der Waals surface area contributed by atoms with Crippen LogP contribution in [0.4, 0.5) is 0 Å². The Balaban J connectivity index is 3.74. The van der Waals surface area contributed by atoms with Gasteiger partial charge in [0.25, 0.3) is 0 Å². The van der Waals surface area contributed by atoms with E-state index in [0.29, 0.717) is 0 Å². The number of unbranched alkanes of at least 4 members (excludes halogenated alkanes) is 2. The first-order valence-electron chi connectivity index (χ1n) is 4.53. The monoisotopic (exact) mass is 314 g/mol. The zero-order chi connectivity index (χ0) is 10.3. The minimum atomic E-state index is -0.217. The fourth-order valence-electron chi connectivity index (χ4n) is 1.05. The lowest BCUT2D eigenvalue weighted by atomic mass is 10.1. The van der Waals surface area contributed by atoms with Gasteiger partial charge >= 0.3 is 5.97 Å². The first-order chi connectivity index (χ1) is 6.07. The summed E-state index contributed by atoms with van der Waals surface area (Å²) < 4.78 is 5.18. The molecule has 78 valence electrons. The largest absolute Gasteiger partial charge is 0.460 e. The number of hydrogen-bond donors (Lipinski definition) is 0. The molecule has 0 heterocycles. The highest BCUT2D eigenvalue weighted by Gasteiger charge is 2.18. The first-order valence-corrected chi connectivity index (χ1v) is 6.36. The van der Waals surface area contributed by atoms with Gasteiger partial charge in [-0.15, -0.1) is 0 Å². The molecule has 0 saturated heterocycles. The summed E-state index contributed by atoms with van der Waals surface area (Å²) >= 11 is 6.72. The summed E-state index contributed by atoms with van der Waals surface area (Å²) in [5, 5.41) is 0. The molecule has 13 heavy (non-hydrogen) atoms. The van der Waals surface area contributed by atoms with Crippen molar-refractivity contribution in [1.82, 2.24) is 0 Å². The third kappa shape index (κ3) is 7.50. The Morgan fingerprint density at radius 1 is 1.38 bits per heavy atom. The van der Waals surface area contributed by atoms with E-state index in [2.05, 4.69) is 38.8 Å². The van der Waals surface area contributed by atoms with Crippen LogP contribution in [-0.4, -0.2) is 15.8 Å². The van der Waals surface area contributed by atoms with Crippen molar-refractivity contribution in [3.63, 3.8) is 0 Å². The van der Waals surface area contributed by atoms with Gasteiger partial charge in [-0.25, -0.2) is 0 Å². The van der Waals surface area contributed by atoms with Crippen molar-refractivity contribution in [3.05, 3.63) is 0 Å². The minimum absolute atomic E-state index is 0.0518. The molecule has 0 aliphatic carbocycles. The fraction of sp³-hybridized carbons (Fsp3) is 0.889. The smallest absolute Gasteiger partial charge is 0.302 e. The van der Waals surface area contributed by atoms with Crippen molar-refractivity contribution < 1.29 is 9.53 Å². The zero-order valence-electron chi connectivity index (χ0n) is 8.06. The molecule has 0 spiro atoms. The quantitative estimate of drug-likeness (QED) is 0.425. The van der Waals surface area contributed by atoms with Gasteiger partial charge in [-0.1, -0.05) is 51.6 Å². The highest BCUT2D eigenvalue weighted by atomic mass is 79.9. The molecular weight excluding hydrogens is 300 g/mol. The van der Waals surface area contributed by atoms with E-state index in [0.717, 1.165) is 12.8 Å². The van der Waals surface area contributed by atoms with Crippen LogP contribution in [0, 0.1) is 0 Å². The molecule has 0 unspecified atom stereocenters. The van der Waals surface area contributed by atoms with Gasteiger partial charge in [0.15, 0.2) is 0 Å².